The van der Waals surface area contributed by atoms with Crippen molar-refractivity contribution in [1.82, 2.24) is 24.9 Å². The number of carbonyl (C=O) groups excluding carboxylic acids is 3. The van der Waals surface area contributed by atoms with Crippen LogP contribution in [0.2, 0.25) is 0 Å². The zero-order chi connectivity index (χ0) is 28.7. The Morgan fingerprint density at radius 2 is 1.78 bits per heavy atom. The zero-order valence-electron chi connectivity index (χ0n) is 23.7. The SMILES string of the molecule is CC(C)(C)OC(=O)N1CC[C@@H](C2CCCCC2)[C@H]1C(=O)Nc1ccc2[nH]c(C(=O)n3nnc4ccccc43)cc2c1. The van der Waals surface area contributed by atoms with Gasteiger partial charge in [-0.15, -0.1) is 5.10 Å². The highest BCUT2D eigenvalue weighted by atomic mass is 16.6. The topological polar surface area (TPSA) is 122 Å². The summed E-state index contributed by atoms with van der Waals surface area (Å²) in [5, 5.41) is 11.9. The van der Waals surface area contributed by atoms with Crippen LogP contribution in [0.25, 0.3) is 21.9 Å². The number of aromatic amines is 1. The molecule has 2 aliphatic rings. The van der Waals surface area contributed by atoms with Crippen LogP contribution in [-0.2, 0) is 9.53 Å². The number of fused-ring (bicyclic) bond motifs is 2. The molecule has 1 saturated carbocycles. The van der Waals surface area contributed by atoms with E-state index in [9.17, 15) is 14.4 Å². The van der Waals surface area contributed by atoms with Crippen molar-refractivity contribution in [3.63, 3.8) is 0 Å². The molecule has 0 radical (unpaired) electrons. The van der Waals surface area contributed by atoms with Crippen LogP contribution >= 0.6 is 0 Å². The third-order valence-electron chi connectivity index (χ3n) is 8.26. The van der Waals surface area contributed by atoms with Crippen LogP contribution in [0.5, 0.6) is 0 Å². The first-order valence-electron chi connectivity index (χ1n) is 14.5. The third-order valence-corrected chi connectivity index (χ3v) is 8.26. The molecule has 4 aromatic rings. The molecule has 0 bridgehead atoms. The average molecular weight is 557 g/mol. The van der Waals surface area contributed by atoms with E-state index in [0.717, 1.165) is 43.0 Å². The molecule has 3 heterocycles. The van der Waals surface area contributed by atoms with Gasteiger partial charge in [0.05, 0.1) is 5.52 Å². The number of anilines is 1. The second-order valence-electron chi connectivity index (χ2n) is 12.2. The lowest BCUT2D eigenvalue weighted by molar-refractivity contribution is -0.122. The van der Waals surface area contributed by atoms with Gasteiger partial charge in [-0.25, -0.2) is 4.79 Å². The van der Waals surface area contributed by atoms with Gasteiger partial charge in [-0.05, 0) is 75.4 Å². The summed E-state index contributed by atoms with van der Waals surface area (Å²) >= 11 is 0. The highest BCUT2D eigenvalue weighted by molar-refractivity contribution is 6.03. The summed E-state index contributed by atoms with van der Waals surface area (Å²) in [6, 6.07) is 13.9. The minimum absolute atomic E-state index is 0.0977. The minimum Gasteiger partial charge on any atom is -0.444 e. The van der Waals surface area contributed by atoms with E-state index in [0.29, 0.717) is 34.9 Å². The van der Waals surface area contributed by atoms with E-state index < -0.39 is 17.7 Å². The maximum absolute atomic E-state index is 13.8. The molecule has 10 nitrogen and oxygen atoms in total. The first-order valence-corrected chi connectivity index (χ1v) is 14.5. The van der Waals surface area contributed by atoms with Gasteiger partial charge in [0.2, 0.25) is 5.91 Å². The van der Waals surface area contributed by atoms with Gasteiger partial charge in [0.1, 0.15) is 22.9 Å². The van der Waals surface area contributed by atoms with Crippen LogP contribution in [0.15, 0.2) is 48.5 Å². The quantitative estimate of drug-likeness (QED) is 0.330. The van der Waals surface area contributed by atoms with Crippen LogP contribution in [0, 0.1) is 11.8 Å². The van der Waals surface area contributed by atoms with Gasteiger partial charge in [-0.1, -0.05) is 49.5 Å². The fourth-order valence-electron chi connectivity index (χ4n) is 6.41. The number of nitrogens with one attached hydrogen (secondary N) is 2. The summed E-state index contributed by atoms with van der Waals surface area (Å²) < 4.78 is 6.96. The number of aromatic nitrogens is 4. The monoisotopic (exact) mass is 556 g/mol. The van der Waals surface area contributed by atoms with Crippen molar-refractivity contribution in [2.45, 2.75) is 70.9 Å². The Morgan fingerprint density at radius 1 is 1.00 bits per heavy atom. The van der Waals surface area contributed by atoms with Crippen LogP contribution in [0.3, 0.4) is 0 Å². The number of likely N-dealkylation sites (tertiary alicyclic amines) is 1. The second-order valence-corrected chi connectivity index (χ2v) is 12.2. The van der Waals surface area contributed by atoms with Gasteiger partial charge in [0, 0.05) is 23.1 Å². The number of benzene rings is 2. The van der Waals surface area contributed by atoms with E-state index in [-0.39, 0.29) is 17.7 Å². The van der Waals surface area contributed by atoms with E-state index in [1.165, 1.54) is 11.1 Å². The maximum atomic E-state index is 13.8. The molecular weight excluding hydrogens is 520 g/mol. The van der Waals surface area contributed by atoms with Crippen LogP contribution in [0.1, 0.15) is 69.8 Å². The number of carbonyl (C=O) groups is 3. The smallest absolute Gasteiger partial charge is 0.410 e. The molecule has 6 rings (SSSR count). The van der Waals surface area contributed by atoms with Crippen molar-refractivity contribution in [1.29, 1.82) is 0 Å². The standard InChI is InChI=1S/C31H36N6O4/c1-31(2,3)41-30(40)36-16-15-22(19-9-5-4-6-10-19)27(36)28(38)32-21-13-14-23-20(17-21)18-25(33-23)29(39)37-26-12-8-7-11-24(26)34-35-37/h7-8,11-14,17-19,22,27,33H,4-6,9-10,15-16H2,1-3H3,(H,32,38)/t22-,27-/m0/s1. The first kappa shape index (κ1) is 27.0. The molecule has 1 aliphatic heterocycles. The van der Waals surface area contributed by atoms with Crippen LogP contribution < -0.4 is 5.32 Å². The predicted molar refractivity (Wildman–Crippen MR) is 156 cm³/mol. The molecule has 41 heavy (non-hydrogen) atoms. The molecule has 0 unspecified atom stereocenters. The fraction of sp³-hybridized carbons (Fsp3) is 0.452. The van der Waals surface area contributed by atoms with Crippen molar-refractivity contribution in [3.05, 3.63) is 54.2 Å². The molecule has 1 saturated heterocycles. The summed E-state index contributed by atoms with van der Waals surface area (Å²) in [4.78, 5) is 45.0. The van der Waals surface area contributed by atoms with Crippen molar-refractivity contribution in [2.75, 3.05) is 11.9 Å². The number of hydrogen-bond acceptors (Lipinski definition) is 6. The second kappa shape index (κ2) is 10.6. The van der Waals surface area contributed by atoms with E-state index in [2.05, 4.69) is 20.6 Å². The third kappa shape index (κ3) is 5.42. The molecule has 10 heteroatoms. The molecule has 0 spiro atoms. The van der Waals surface area contributed by atoms with E-state index >= 15 is 0 Å². The van der Waals surface area contributed by atoms with E-state index in [1.54, 1.807) is 29.2 Å². The Bertz CT molecular complexity index is 1610. The summed E-state index contributed by atoms with van der Waals surface area (Å²) in [5.74, 6) is -0.0139. The van der Waals surface area contributed by atoms with Crippen molar-refractivity contribution in [3.8, 4) is 0 Å². The zero-order valence-corrected chi connectivity index (χ0v) is 23.7. The molecular formula is C31H36N6O4. The van der Waals surface area contributed by atoms with Gasteiger partial charge < -0.3 is 15.0 Å². The number of H-pyrrole nitrogens is 1. The molecule has 2 amide bonds. The number of hydrogen-bond donors (Lipinski definition) is 2. The summed E-state index contributed by atoms with van der Waals surface area (Å²) in [7, 11) is 0. The van der Waals surface area contributed by atoms with E-state index in [4.69, 9.17) is 4.74 Å². The summed E-state index contributed by atoms with van der Waals surface area (Å²) in [6.07, 6.45) is 6.08. The van der Waals surface area contributed by atoms with Crippen LogP contribution in [-0.4, -0.2) is 61.0 Å². The van der Waals surface area contributed by atoms with Gasteiger partial charge in [0.15, 0.2) is 0 Å². The molecule has 2 fully saturated rings. The minimum atomic E-state index is -0.645. The van der Waals surface area contributed by atoms with Crippen molar-refractivity contribution < 1.29 is 19.1 Å². The Morgan fingerprint density at radius 3 is 2.56 bits per heavy atom. The van der Waals surface area contributed by atoms with Crippen molar-refractivity contribution in [2.24, 2.45) is 11.8 Å². The van der Waals surface area contributed by atoms with Gasteiger partial charge in [-0.2, -0.15) is 4.68 Å². The van der Waals surface area contributed by atoms with E-state index in [1.807, 2.05) is 45.0 Å². The van der Waals surface area contributed by atoms with Crippen molar-refractivity contribution >= 4 is 45.5 Å². The molecule has 214 valence electrons. The molecule has 1 aliphatic carbocycles. The summed E-state index contributed by atoms with van der Waals surface area (Å²) in [5.41, 5.74) is 2.35. The number of para-hydroxylation sites is 1. The molecule has 2 aromatic carbocycles. The molecule has 2 atom stereocenters. The van der Waals surface area contributed by atoms with Crippen LogP contribution in [0.4, 0.5) is 10.5 Å². The lowest BCUT2D eigenvalue weighted by Gasteiger charge is -2.34. The predicted octanol–water partition coefficient (Wildman–Crippen LogP) is 5.75. The normalized spacial score (nSPS) is 20.0. The number of rotatable bonds is 4. The number of amides is 2. The Labute approximate surface area is 238 Å². The lowest BCUT2D eigenvalue weighted by atomic mass is 9.76. The van der Waals surface area contributed by atoms with Gasteiger partial charge >= 0.3 is 6.09 Å². The largest absolute Gasteiger partial charge is 0.444 e. The highest BCUT2D eigenvalue weighted by Gasteiger charge is 2.46. The summed E-state index contributed by atoms with van der Waals surface area (Å²) in [6.45, 7) is 6.02. The maximum Gasteiger partial charge on any atom is 0.410 e. The highest BCUT2D eigenvalue weighted by Crippen LogP contribution is 2.40. The Hall–Kier alpha value is -4.21. The first-order chi connectivity index (χ1) is 19.7. The Balaban J connectivity index is 1.24. The van der Waals surface area contributed by atoms with Gasteiger partial charge in [0.25, 0.3) is 5.91 Å². The number of ether oxygens (including phenoxy) is 1. The number of nitrogens with zero attached hydrogens (tertiary/aromatic N) is 4. The molecule has 2 aromatic heterocycles. The molecule has 2 N–H and O–H groups in total. The Kier molecular flexibility index (Phi) is 7.01. The fourth-order valence-corrected chi connectivity index (χ4v) is 6.41. The van der Waals surface area contributed by atoms with Gasteiger partial charge in [-0.3, -0.25) is 14.5 Å². The lowest BCUT2D eigenvalue weighted by Crippen LogP contribution is -2.49. The average Bonchev–Trinajstić information content (AvgIpc) is 3.68.